The van der Waals surface area contributed by atoms with Gasteiger partial charge in [-0.1, -0.05) is 363 Å². The SMILES string of the molecule is CCCCCCCCCCCCCCCCCCCCC(=O)O[C@H](COC(=O)CCCCCCCCCCCCCCCC(C)C)COP(=O)(O)OC[C@@H](O)COP(=O)(O)OC[C@@H](COC(=O)CCCCCCCCCCC(C)C)OC(=O)CCCCCCCCCCCCCCC. The topological polar surface area (TPSA) is 237 Å². The van der Waals surface area contributed by atoms with E-state index in [0.717, 1.165) is 102 Å². The Hall–Kier alpha value is -1.94. The van der Waals surface area contributed by atoms with Gasteiger partial charge < -0.3 is 33.8 Å². The first-order chi connectivity index (χ1) is 47.4. The number of phosphoric ester groups is 2. The number of hydrogen-bond acceptors (Lipinski definition) is 15. The van der Waals surface area contributed by atoms with Gasteiger partial charge in [-0.15, -0.1) is 0 Å². The van der Waals surface area contributed by atoms with Crippen LogP contribution in [-0.4, -0.2) is 96.7 Å². The highest BCUT2D eigenvalue weighted by Gasteiger charge is 2.30. The molecule has 3 N–H and O–H groups in total. The van der Waals surface area contributed by atoms with Crippen LogP contribution in [0.2, 0.25) is 0 Å². The van der Waals surface area contributed by atoms with E-state index in [4.69, 9.17) is 37.0 Å². The average molecular weight is 1440 g/mol. The Labute approximate surface area is 600 Å². The lowest BCUT2D eigenvalue weighted by atomic mass is 10.0. The van der Waals surface area contributed by atoms with Gasteiger partial charge in [-0.05, 0) is 37.5 Å². The van der Waals surface area contributed by atoms with E-state index in [-0.39, 0.29) is 25.7 Å². The van der Waals surface area contributed by atoms with Crippen LogP contribution >= 0.6 is 15.6 Å². The van der Waals surface area contributed by atoms with Gasteiger partial charge in [0.15, 0.2) is 12.2 Å². The van der Waals surface area contributed by atoms with Gasteiger partial charge in [0.1, 0.15) is 19.3 Å². The summed E-state index contributed by atoms with van der Waals surface area (Å²) in [5.74, 6) is -0.592. The van der Waals surface area contributed by atoms with Crippen molar-refractivity contribution in [2.45, 2.75) is 432 Å². The molecule has 0 aliphatic rings. The molecule has 0 radical (unpaired) electrons. The van der Waals surface area contributed by atoms with Crippen LogP contribution in [0.5, 0.6) is 0 Å². The maximum atomic E-state index is 13.1. The molecule has 0 saturated carbocycles. The molecule has 0 rings (SSSR count). The van der Waals surface area contributed by atoms with E-state index in [0.29, 0.717) is 25.7 Å². The van der Waals surface area contributed by atoms with E-state index in [1.54, 1.807) is 0 Å². The highest BCUT2D eigenvalue weighted by Crippen LogP contribution is 2.45. The number of carbonyl (C=O) groups excluding carboxylic acids is 4. The zero-order valence-corrected chi connectivity index (χ0v) is 65.9. The second-order valence-corrected chi connectivity index (χ2v) is 32.3. The molecule has 0 heterocycles. The number of rotatable bonds is 78. The van der Waals surface area contributed by atoms with Crippen molar-refractivity contribution in [1.29, 1.82) is 0 Å². The zero-order chi connectivity index (χ0) is 72.1. The van der Waals surface area contributed by atoms with Crippen LogP contribution in [0.25, 0.3) is 0 Å². The number of aliphatic hydroxyl groups excluding tert-OH is 1. The molecular formula is C79H154O17P2. The van der Waals surface area contributed by atoms with E-state index < -0.39 is 97.5 Å². The summed E-state index contributed by atoms with van der Waals surface area (Å²) in [7, 11) is -9.92. The van der Waals surface area contributed by atoms with Gasteiger partial charge in [0.2, 0.25) is 0 Å². The molecule has 0 spiro atoms. The first-order valence-corrected chi connectivity index (χ1v) is 44.0. The Morgan fingerprint density at radius 1 is 0.276 bits per heavy atom. The third kappa shape index (κ3) is 72.4. The summed E-state index contributed by atoms with van der Waals surface area (Å²) in [5, 5.41) is 10.6. The molecule has 5 atom stereocenters. The van der Waals surface area contributed by atoms with Gasteiger partial charge in [0, 0.05) is 25.7 Å². The molecular weight excluding hydrogens is 1280 g/mol. The van der Waals surface area contributed by atoms with Crippen molar-refractivity contribution < 1.29 is 80.2 Å². The summed E-state index contributed by atoms with van der Waals surface area (Å²) in [5.41, 5.74) is 0. The molecule has 0 aromatic carbocycles. The summed E-state index contributed by atoms with van der Waals surface area (Å²) in [4.78, 5) is 73.0. The van der Waals surface area contributed by atoms with E-state index in [9.17, 15) is 43.2 Å². The number of aliphatic hydroxyl groups is 1. The van der Waals surface area contributed by atoms with Crippen LogP contribution in [0.15, 0.2) is 0 Å². The van der Waals surface area contributed by atoms with Crippen LogP contribution in [-0.2, 0) is 65.4 Å². The second-order valence-electron chi connectivity index (χ2n) is 29.4. The zero-order valence-electron chi connectivity index (χ0n) is 64.1. The van der Waals surface area contributed by atoms with Crippen molar-refractivity contribution >= 4 is 39.5 Å². The Balaban J connectivity index is 5.25. The van der Waals surface area contributed by atoms with Gasteiger partial charge >= 0.3 is 39.5 Å². The third-order valence-electron chi connectivity index (χ3n) is 18.5. The molecule has 0 saturated heterocycles. The summed E-state index contributed by atoms with van der Waals surface area (Å²) < 4.78 is 68.7. The van der Waals surface area contributed by atoms with Gasteiger partial charge in [-0.25, -0.2) is 9.13 Å². The molecule has 17 nitrogen and oxygen atoms in total. The summed E-state index contributed by atoms with van der Waals surface area (Å²) in [6.07, 6.45) is 59.6. The quantitative estimate of drug-likeness (QED) is 0.0222. The molecule has 0 aromatic rings. The summed E-state index contributed by atoms with van der Waals surface area (Å²) >= 11 is 0. The number of hydrogen-bond donors (Lipinski definition) is 3. The smallest absolute Gasteiger partial charge is 0.462 e. The number of phosphoric acid groups is 2. The lowest BCUT2D eigenvalue weighted by molar-refractivity contribution is -0.161. The fraction of sp³-hybridized carbons (Fsp3) is 0.949. The van der Waals surface area contributed by atoms with E-state index in [1.807, 2.05) is 0 Å². The number of unbranched alkanes of at least 4 members (excludes halogenated alkanes) is 48. The van der Waals surface area contributed by atoms with Crippen LogP contribution < -0.4 is 0 Å². The number of carbonyl (C=O) groups is 4. The predicted octanol–water partition coefficient (Wildman–Crippen LogP) is 23.5. The van der Waals surface area contributed by atoms with Crippen LogP contribution in [0, 0.1) is 11.8 Å². The number of esters is 4. The van der Waals surface area contributed by atoms with Crippen LogP contribution in [0.3, 0.4) is 0 Å². The lowest BCUT2D eigenvalue weighted by Gasteiger charge is -2.21. The average Bonchev–Trinajstić information content (AvgIpc) is 1.08. The Morgan fingerprint density at radius 2 is 0.469 bits per heavy atom. The molecule has 0 aliphatic heterocycles. The normalized spacial score (nSPS) is 13.9. The Morgan fingerprint density at radius 3 is 0.694 bits per heavy atom. The first kappa shape index (κ1) is 96.1. The van der Waals surface area contributed by atoms with Crippen molar-refractivity contribution in [2.24, 2.45) is 11.8 Å². The van der Waals surface area contributed by atoms with Crippen molar-refractivity contribution in [3.8, 4) is 0 Å². The summed E-state index contributed by atoms with van der Waals surface area (Å²) in [6, 6.07) is 0. The molecule has 0 fully saturated rings. The highest BCUT2D eigenvalue weighted by molar-refractivity contribution is 7.47. The molecule has 0 aliphatic carbocycles. The molecule has 0 bridgehead atoms. The minimum absolute atomic E-state index is 0.107. The minimum Gasteiger partial charge on any atom is -0.462 e. The number of ether oxygens (including phenoxy) is 4. The van der Waals surface area contributed by atoms with Crippen molar-refractivity contribution in [2.75, 3.05) is 39.6 Å². The Kier molecular flexibility index (Phi) is 69.3. The third-order valence-corrected chi connectivity index (χ3v) is 20.4. The van der Waals surface area contributed by atoms with Crippen molar-refractivity contribution in [3.63, 3.8) is 0 Å². The molecule has 98 heavy (non-hydrogen) atoms. The monoisotopic (exact) mass is 1440 g/mol. The molecule has 0 aromatic heterocycles. The molecule has 19 heteroatoms. The van der Waals surface area contributed by atoms with Gasteiger partial charge in [0.05, 0.1) is 26.4 Å². The van der Waals surface area contributed by atoms with Gasteiger partial charge in [0.25, 0.3) is 0 Å². The molecule has 0 amide bonds. The minimum atomic E-state index is -4.96. The van der Waals surface area contributed by atoms with Gasteiger partial charge in [-0.3, -0.25) is 37.3 Å². The van der Waals surface area contributed by atoms with Crippen molar-refractivity contribution in [1.82, 2.24) is 0 Å². The molecule has 582 valence electrons. The Bertz CT molecular complexity index is 1890. The highest BCUT2D eigenvalue weighted by atomic mass is 31.2. The second kappa shape index (κ2) is 70.7. The van der Waals surface area contributed by atoms with E-state index in [1.165, 1.54) is 231 Å². The van der Waals surface area contributed by atoms with E-state index in [2.05, 4.69) is 41.5 Å². The fourth-order valence-corrected chi connectivity index (χ4v) is 13.8. The largest absolute Gasteiger partial charge is 0.472 e. The molecule has 2 unspecified atom stereocenters. The fourth-order valence-electron chi connectivity index (χ4n) is 12.2. The van der Waals surface area contributed by atoms with E-state index >= 15 is 0 Å². The van der Waals surface area contributed by atoms with Crippen LogP contribution in [0.1, 0.15) is 414 Å². The predicted molar refractivity (Wildman–Crippen MR) is 400 cm³/mol. The summed E-state index contributed by atoms with van der Waals surface area (Å²) in [6.45, 7) is 9.61. The first-order valence-electron chi connectivity index (χ1n) is 41.0. The van der Waals surface area contributed by atoms with Crippen LogP contribution in [0.4, 0.5) is 0 Å². The standard InChI is InChI=1S/C79H154O17P2/c1-7-9-11-13-15-17-19-21-22-23-24-25-29-34-38-46-52-58-64-79(84)95-74(67-89-76(81)61-55-49-43-36-32-30-26-28-31-35-41-47-53-59-71(3)4)69-93-97(85,86)91-65-73(80)66-92-98(87,88)94-70-75(68-90-77(82)62-56-50-44-40-39-42-48-54-60-72(5)6)96-78(83)63-57-51-45-37-33-27-20-18-16-14-12-10-8-2/h71-75,80H,7-70H2,1-6H3,(H,85,86)(H,87,88)/t73-,74-,75-/m1/s1. The van der Waals surface area contributed by atoms with Gasteiger partial charge in [-0.2, -0.15) is 0 Å². The van der Waals surface area contributed by atoms with Crippen molar-refractivity contribution in [3.05, 3.63) is 0 Å². The lowest BCUT2D eigenvalue weighted by Crippen LogP contribution is -2.30. The maximum Gasteiger partial charge on any atom is 0.472 e. The maximum absolute atomic E-state index is 13.1.